The minimum Gasteiger partial charge on any atom is -0.265 e. The van der Waals surface area contributed by atoms with Crippen molar-refractivity contribution in [3.8, 4) is 11.5 Å². The summed E-state index contributed by atoms with van der Waals surface area (Å²) in [5, 5.41) is 0. The lowest BCUT2D eigenvalue weighted by molar-refractivity contribution is 0.182. The van der Waals surface area contributed by atoms with Gasteiger partial charge in [0.15, 0.2) is 0 Å². The molecule has 5 heteroatoms. The normalized spacial score (nSPS) is 17.5. The summed E-state index contributed by atoms with van der Waals surface area (Å²) >= 11 is 3.42. The Morgan fingerprint density at radius 3 is 2.12 bits per heavy atom. The zero-order valence-electron chi connectivity index (χ0n) is 9.57. The number of fused-ring (bicyclic) bond motifs is 1. The molecule has 0 spiro atoms. The van der Waals surface area contributed by atoms with Gasteiger partial charge in [0.1, 0.15) is 6.61 Å². The third-order valence-electron chi connectivity index (χ3n) is 1.92. The highest BCUT2D eigenvalue weighted by Gasteiger charge is 2.53. The summed E-state index contributed by atoms with van der Waals surface area (Å²) in [4.78, 5) is 0. The predicted octanol–water partition coefficient (Wildman–Crippen LogP) is 4.59. The topological polar surface area (TPSA) is 27.7 Å². The number of hydrogen-bond acceptors (Lipinski definition) is 3. The Kier molecular flexibility index (Phi) is 3.17. The summed E-state index contributed by atoms with van der Waals surface area (Å²) in [6.45, 7) is 4.52. The zero-order chi connectivity index (χ0) is 11.8. The van der Waals surface area contributed by atoms with Crippen LogP contribution in [-0.4, -0.2) is 6.61 Å². The van der Waals surface area contributed by atoms with Crippen LogP contribution in [0.25, 0.3) is 0 Å². The molecule has 1 aromatic carbocycles. The first-order chi connectivity index (χ1) is 7.38. The van der Waals surface area contributed by atoms with Crippen LogP contribution in [0, 0.1) is 5.41 Å². The van der Waals surface area contributed by atoms with Gasteiger partial charge in [0.05, 0.1) is 0 Å². The second-order valence-corrected chi connectivity index (χ2v) is 8.98. The van der Waals surface area contributed by atoms with E-state index in [1.54, 1.807) is 0 Å². The van der Waals surface area contributed by atoms with Crippen molar-refractivity contribution in [2.45, 2.75) is 20.8 Å². The van der Waals surface area contributed by atoms with E-state index in [0.29, 0.717) is 6.61 Å². The van der Waals surface area contributed by atoms with Gasteiger partial charge in [-0.3, -0.25) is 9.05 Å². The van der Waals surface area contributed by atoms with Crippen molar-refractivity contribution in [1.82, 2.24) is 0 Å². The monoisotopic (exact) mass is 305 g/mol. The molecule has 0 saturated heterocycles. The lowest BCUT2D eigenvalue weighted by Crippen LogP contribution is -2.15. The Morgan fingerprint density at radius 1 is 1.19 bits per heavy atom. The van der Waals surface area contributed by atoms with Gasteiger partial charge in [-0.2, -0.15) is 4.52 Å². The van der Waals surface area contributed by atoms with Crippen molar-refractivity contribution in [3.63, 3.8) is 0 Å². The Balaban J connectivity index is 2.03. The number of halogens is 1. The second-order valence-electron chi connectivity index (χ2n) is 4.89. The third-order valence-corrected chi connectivity index (χ3v) is 4.67. The fourth-order valence-electron chi connectivity index (χ4n) is 1.18. The molecule has 2 rings (SSSR count). The molecule has 0 fully saturated rings. The van der Waals surface area contributed by atoms with Gasteiger partial charge in [-0.15, -0.1) is 0 Å². The summed E-state index contributed by atoms with van der Waals surface area (Å²) in [5.41, 5.74) is 0.0856. The Bertz CT molecular complexity index is 364. The van der Waals surface area contributed by atoms with Gasteiger partial charge in [-0.1, -0.05) is 32.9 Å². The molecule has 0 aromatic heterocycles. The molecule has 0 atom stereocenters. The van der Waals surface area contributed by atoms with E-state index < -0.39 is 6.65 Å². The fraction of sp³-hybridized carbons (Fsp3) is 0.455. The molecule has 0 radical (unpaired) electrons. The lowest BCUT2D eigenvalue weighted by atomic mass is 9.99. The van der Waals surface area contributed by atoms with Gasteiger partial charge >= 0.3 is 6.65 Å². The van der Waals surface area contributed by atoms with Gasteiger partial charge in [0.2, 0.25) is 11.5 Å². The first-order valence-corrected chi connectivity index (χ1v) is 8.66. The van der Waals surface area contributed by atoms with Crippen molar-refractivity contribution in [2.75, 3.05) is 6.61 Å². The SMILES string of the molecule is CC(C)(C)CO[P+]1(Br)Oc2ccccc2O1. The molecule has 0 unspecified atom stereocenters. The zero-order valence-corrected chi connectivity index (χ0v) is 12.0. The van der Waals surface area contributed by atoms with E-state index in [1.165, 1.54) is 0 Å². The second kappa shape index (κ2) is 4.17. The maximum atomic E-state index is 5.72. The van der Waals surface area contributed by atoms with Gasteiger partial charge in [-0.05, 0) is 17.5 Å². The first kappa shape index (κ1) is 12.2. The average molecular weight is 306 g/mol. The van der Waals surface area contributed by atoms with Gasteiger partial charge in [-0.25, -0.2) is 0 Å². The van der Waals surface area contributed by atoms with Crippen molar-refractivity contribution >= 4 is 22.1 Å². The van der Waals surface area contributed by atoms with Crippen LogP contribution in [0.4, 0.5) is 0 Å². The van der Waals surface area contributed by atoms with Crippen LogP contribution < -0.4 is 9.05 Å². The van der Waals surface area contributed by atoms with E-state index in [4.69, 9.17) is 13.6 Å². The van der Waals surface area contributed by atoms with E-state index in [9.17, 15) is 0 Å². The smallest absolute Gasteiger partial charge is 0.265 e. The Hall–Kier alpha value is -0.310. The molecular weight excluding hydrogens is 291 g/mol. The summed E-state index contributed by atoms with van der Waals surface area (Å²) in [7, 11) is 0. The molecule has 1 aliphatic rings. The molecule has 0 bridgehead atoms. The molecule has 88 valence electrons. The summed E-state index contributed by atoms with van der Waals surface area (Å²) in [5.74, 6) is 1.48. The number of benzene rings is 1. The van der Waals surface area contributed by atoms with Gasteiger partial charge in [0, 0.05) is 0 Å². The van der Waals surface area contributed by atoms with Crippen LogP contribution in [0.2, 0.25) is 0 Å². The standard InChI is InChI=1S/C11H15BrO3P/c1-11(2,3)8-13-16(12)14-9-6-4-5-7-10(9)15-16/h4-7H,8H2,1-3H3/q+1. The molecule has 1 heterocycles. The molecule has 16 heavy (non-hydrogen) atoms. The van der Waals surface area contributed by atoms with E-state index in [-0.39, 0.29) is 5.41 Å². The van der Waals surface area contributed by atoms with Crippen LogP contribution in [0.3, 0.4) is 0 Å². The van der Waals surface area contributed by atoms with E-state index in [2.05, 4.69) is 36.3 Å². The number of hydrogen-bond donors (Lipinski definition) is 0. The minimum absolute atomic E-state index is 0.0856. The number of para-hydroxylation sites is 2. The molecule has 0 amide bonds. The first-order valence-electron chi connectivity index (χ1n) is 5.09. The maximum absolute atomic E-state index is 5.72. The molecule has 0 N–H and O–H groups in total. The van der Waals surface area contributed by atoms with Gasteiger partial charge in [0.25, 0.3) is 15.5 Å². The highest BCUT2D eigenvalue weighted by atomic mass is 79.9. The average Bonchev–Trinajstić information content (AvgIpc) is 2.51. The predicted molar refractivity (Wildman–Crippen MR) is 69.0 cm³/mol. The van der Waals surface area contributed by atoms with Gasteiger partial charge < -0.3 is 0 Å². The maximum Gasteiger partial charge on any atom is 0.575 e. The highest BCUT2D eigenvalue weighted by molar-refractivity contribution is 9.40. The van der Waals surface area contributed by atoms with Crippen LogP contribution in [0.15, 0.2) is 24.3 Å². The van der Waals surface area contributed by atoms with E-state index in [0.717, 1.165) is 11.5 Å². The van der Waals surface area contributed by atoms with E-state index >= 15 is 0 Å². The molecule has 1 aliphatic heterocycles. The largest absolute Gasteiger partial charge is 0.575 e. The van der Waals surface area contributed by atoms with Crippen molar-refractivity contribution < 1.29 is 13.6 Å². The molecular formula is C11H15BrO3P+. The van der Waals surface area contributed by atoms with Crippen LogP contribution in [0.5, 0.6) is 11.5 Å². The molecule has 3 nitrogen and oxygen atoms in total. The van der Waals surface area contributed by atoms with Crippen LogP contribution in [-0.2, 0) is 4.52 Å². The Morgan fingerprint density at radius 2 is 1.69 bits per heavy atom. The third kappa shape index (κ3) is 2.88. The molecule has 1 aromatic rings. The molecule has 0 saturated carbocycles. The molecule has 0 aliphatic carbocycles. The Labute approximate surface area is 104 Å². The van der Waals surface area contributed by atoms with E-state index in [1.807, 2.05) is 24.3 Å². The summed E-state index contributed by atoms with van der Waals surface area (Å²) in [6, 6.07) is 7.57. The fourth-order valence-corrected chi connectivity index (χ4v) is 3.88. The number of rotatable bonds is 2. The van der Waals surface area contributed by atoms with Crippen molar-refractivity contribution in [3.05, 3.63) is 24.3 Å². The van der Waals surface area contributed by atoms with Crippen LogP contribution in [0.1, 0.15) is 20.8 Å². The van der Waals surface area contributed by atoms with Crippen LogP contribution >= 0.6 is 22.1 Å². The lowest BCUT2D eigenvalue weighted by Gasteiger charge is -2.17. The minimum atomic E-state index is -2.39. The van der Waals surface area contributed by atoms with Crippen molar-refractivity contribution in [2.24, 2.45) is 5.41 Å². The summed E-state index contributed by atoms with van der Waals surface area (Å²) in [6.07, 6.45) is 0. The summed E-state index contributed by atoms with van der Waals surface area (Å²) < 4.78 is 17.1. The van der Waals surface area contributed by atoms with Crippen molar-refractivity contribution in [1.29, 1.82) is 0 Å². The quantitative estimate of drug-likeness (QED) is 0.748. The highest BCUT2D eigenvalue weighted by Crippen LogP contribution is 2.73.